The second-order valence-corrected chi connectivity index (χ2v) is 15.3. The van der Waals surface area contributed by atoms with Crippen LogP contribution in [0, 0.1) is 10.7 Å². The van der Waals surface area contributed by atoms with Gasteiger partial charge in [-0.05, 0) is 36.8 Å². The summed E-state index contributed by atoms with van der Waals surface area (Å²) in [5.41, 5.74) is -0.691. The van der Waals surface area contributed by atoms with Gasteiger partial charge in [0.1, 0.15) is 0 Å². The van der Waals surface area contributed by atoms with Crippen molar-refractivity contribution in [2.24, 2.45) is 5.92 Å². The molecule has 1 saturated heterocycles. The number of halogens is 3. The summed E-state index contributed by atoms with van der Waals surface area (Å²) in [6.45, 7) is 14.2. The largest absolute Gasteiger partial charge is 0.471 e. The zero-order chi connectivity index (χ0) is 25.5. The Bertz CT molecular complexity index is 987. The Morgan fingerprint density at radius 3 is 2.39 bits per heavy atom. The quantitative estimate of drug-likeness (QED) is 0.442. The summed E-state index contributed by atoms with van der Waals surface area (Å²) in [6, 6.07) is 0. The van der Waals surface area contributed by atoms with Crippen LogP contribution in [0.4, 0.5) is 13.2 Å². The number of aromatic nitrogens is 2. The van der Waals surface area contributed by atoms with E-state index in [4.69, 9.17) is 21.4 Å². The van der Waals surface area contributed by atoms with Crippen LogP contribution in [0.3, 0.4) is 0 Å². The number of alkyl halides is 3. The molecule has 0 saturated carbocycles. The third-order valence-electron chi connectivity index (χ3n) is 6.65. The Hall–Kier alpha value is -1.50. The Kier molecular flexibility index (Phi) is 8.09. The van der Waals surface area contributed by atoms with Crippen molar-refractivity contribution in [1.82, 2.24) is 14.5 Å². The fraction of sp³-hybridized carbons (Fsp3) is 0.762. The van der Waals surface area contributed by atoms with Crippen LogP contribution in [0.1, 0.15) is 52.8 Å². The highest BCUT2D eigenvalue weighted by Crippen LogP contribution is 2.44. The molecule has 2 heterocycles. The van der Waals surface area contributed by atoms with Crippen molar-refractivity contribution in [3.05, 3.63) is 26.9 Å². The van der Waals surface area contributed by atoms with Crippen LogP contribution in [-0.2, 0) is 20.5 Å². The van der Waals surface area contributed by atoms with Crippen molar-refractivity contribution in [2.45, 2.75) is 90.3 Å². The smallest absolute Gasteiger partial charge is 0.409 e. The minimum absolute atomic E-state index is 0.0286. The number of hydrogen-bond donors (Lipinski definition) is 1. The summed E-state index contributed by atoms with van der Waals surface area (Å²) >= 11 is 5.36. The van der Waals surface area contributed by atoms with Crippen LogP contribution in [-0.4, -0.2) is 54.1 Å². The van der Waals surface area contributed by atoms with E-state index in [1.807, 2.05) is 13.8 Å². The van der Waals surface area contributed by atoms with Crippen LogP contribution >= 0.6 is 12.2 Å². The van der Waals surface area contributed by atoms with Crippen molar-refractivity contribution < 1.29 is 27.1 Å². The first-order valence-corrected chi connectivity index (χ1v) is 14.2. The lowest BCUT2D eigenvalue weighted by Gasteiger charge is -2.40. The van der Waals surface area contributed by atoms with Crippen LogP contribution in [0.2, 0.25) is 18.1 Å². The van der Waals surface area contributed by atoms with Gasteiger partial charge < -0.3 is 14.1 Å². The fourth-order valence-electron chi connectivity index (χ4n) is 3.60. The van der Waals surface area contributed by atoms with Crippen molar-refractivity contribution in [2.75, 3.05) is 7.05 Å². The van der Waals surface area contributed by atoms with Gasteiger partial charge in [0.25, 0.3) is 5.56 Å². The maximum absolute atomic E-state index is 12.8. The van der Waals surface area contributed by atoms with Crippen molar-refractivity contribution in [3.63, 3.8) is 0 Å². The second-order valence-electron chi connectivity index (χ2n) is 10.2. The standard InChI is InChI=1S/C21H34F3N3O4SSi/c1-9-14-12(2)15(31-33(7,8)20(3,4)5)17(30-14)27-11-13(16(28)25-19(27)32)10-26(6)18(29)21(22,23)24/h11-12,14-15,17H,9-10H2,1-8H3,(H,25,28,32)/t12?,14-,15+,17-/m1/s1. The summed E-state index contributed by atoms with van der Waals surface area (Å²) in [7, 11) is -1.22. The molecule has 1 aromatic rings. The lowest BCUT2D eigenvalue weighted by molar-refractivity contribution is -0.184. The first-order chi connectivity index (χ1) is 14.9. The van der Waals surface area contributed by atoms with E-state index >= 15 is 0 Å². The molecule has 0 spiro atoms. The first-order valence-electron chi connectivity index (χ1n) is 10.9. The molecule has 1 aliphatic rings. The highest BCUT2D eigenvalue weighted by Gasteiger charge is 2.48. The molecule has 1 N–H and O–H groups in total. The molecular weight excluding hydrogens is 475 g/mol. The summed E-state index contributed by atoms with van der Waals surface area (Å²) < 4.78 is 53.0. The average molecular weight is 510 g/mol. The van der Waals surface area contributed by atoms with E-state index in [1.54, 1.807) is 0 Å². The van der Waals surface area contributed by atoms with Crippen LogP contribution in [0.5, 0.6) is 0 Å². The van der Waals surface area contributed by atoms with Crippen molar-refractivity contribution in [1.29, 1.82) is 0 Å². The number of carbonyl (C=O) groups excluding carboxylic acids is 1. The van der Waals surface area contributed by atoms with Crippen LogP contribution in [0.15, 0.2) is 11.0 Å². The predicted octanol–water partition coefficient (Wildman–Crippen LogP) is 4.76. The van der Waals surface area contributed by atoms with Gasteiger partial charge in [-0.25, -0.2) is 0 Å². The Labute approximate surface area is 198 Å². The molecule has 1 amide bonds. The fourth-order valence-corrected chi connectivity index (χ4v) is 5.21. The molecule has 0 aliphatic carbocycles. The molecular formula is C21H34F3N3O4SSi. The van der Waals surface area contributed by atoms with Gasteiger partial charge in [-0.15, -0.1) is 0 Å². The molecule has 4 atom stereocenters. The number of ether oxygens (including phenoxy) is 1. The van der Waals surface area contributed by atoms with Gasteiger partial charge in [0.2, 0.25) is 0 Å². The SMILES string of the molecule is CC[C@H]1O[C@@H](n2cc(CN(C)C(=O)C(F)(F)F)c(=O)[nH]c2=S)[C@@H](O[Si](C)(C)C(C)(C)C)C1C. The Morgan fingerprint density at radius 2 is 1.91 bits per heavy atom. The van der Waals surface area contributed by atoms with E-state index in [1.165, 1.54) is 10.8 Å². The lowest BCUT2D eigenvalue weighted by Crippen LogP contribution is -2.47. The number of rotatable bonds is 6. The molecule has 2 rings (SSSR count). The topological polar surface area (TPSA) is 76.6 Å². The molecule has 0 aromatic carbocycles. The summed E-state index contributed by atoms with van der Waals surface area (Å²) in [5.74, 6) is -2.01. The third-order valence-corrected chi connectivity index (χ3v) is 11.4. The van der Waals surface area contributed by atoms with Gasteiger partial charge in [0.05, 0.1) is 24.3 Å². The average Bonchev–Trinajstić information content (AvgIpc) is 2.96. The molecule has 1 aromatic heterocycles. The Morgan fingerprint density at radius 1 is 1.33 bits per heavy atom. The second kappa shape index (κ2) is 9.63. The highest BCUT2D eigenvalue weighted by atomic mass is 32.1. The summed E-state index contributed by atoms with van der Waals surface area (Å²) in [4.78, 5) is 26.9. The zero-order valence-electron chi connectivity index (χ0n) is 20.4. The van der Waals surface area contributed by atoms with Crippen molar-refractivity contribution in [3.8, 4) is 0 Å². The van der Waals surface area contributed by atoms with E-state index in [2.05, 4.69) is 38.8 Å². The maximum Gasteiger partial charge on any atom is 0.471 e. The van der Waals surface area contributed by atoms with E-state index in [9.17, 15) is 22.8 Å². The monoisotopic (exact) mass is 509 g/mol. The molecule has 33 heavy (non-hydrogen) atoms. The number of aromatic amines is 1. The molecule has 0 radical (unpaired) electrons. The lowest BCUT2D eigenvalue weighted by atomic mass is 9.99. The number of amides is 1. The van der Waals surface area contributed by atoms with E-state index < -0.39 is 38.7 Å². The molecule has 1 unspecified atom stereocenters. The number of nitrogens with zero attached hydrogens (tertiary/aromatic N) is 2. The summed E-state index contributed by atoms with van der Waals surface area (Å²) in [6.07, 6.45) is -4.06. The Balaban J connectivity index is 2.48. The minimum Gasteiger partial charge on any atom is -0.409 e. The number of hydrogen-bond acceptors (Lipinski definition) is 5. The molecule has 1 aliphatic heterocycles. The van der Waals surface area contributed by atoms with Crippen molar-refractivity contribution >= 4 is 26.4 Å². The normalized spacial score (nSPS) is 24.2. The van der Waals surface area contributed by atoms with E-state index in [-0.39, 0.29) is 33.5 Å². The number of nitrogens with one attached hydrogen (secondary N) is 1. The van der Waals surface area contributed by atoms with Gasteiger partial charge in [0, 0.05) is 19.2 Å². The van der Waals surface area contributed by atoms with Crippen LogP contribution < -0.4 is 5.56 Å². The van der Waals surface area contributed by atoms with Gasteiger partial charge in [0.15, 0.2) is 19.3 Å². The van der Waals surface area contributed by atoms with Gasteiger partial charge in [-0.1, -0.05) is 34.6 Å². The van der Waals surface area contributed by atoms with E-state index in [0.29, 0.717) is 4.90 Å². The minimum atomic E-state index is -5.03. The molecule has 12 heteroatoms. The van der Waals surface area contributed by atoms with Gasteiger partial charge >= 0.3 is 12.1 Å². The molecule has 0 bridgehead atoms. The van der Waals surface area contributed by atoms with Gasteiger partial charge in [-0.2, -0.15) is 13.2 Å². The van der Waals surface area contributed by atoms with E-state index in [0.717, 1.165) is 13.5 Å². The zero-order valence-corrected chi connectivity index (χ0v) is 22.2. The summed E-state index contributed by atoms with van der Waals surface area (Å²) in [5, 5.41) is -0.0557. The number of carbonyl (C=O) groups is 1. The number of H-pyrrole nitrogens is 1. The molecule has 1 fully saturated rings. The maximum atomic E-state index is 12.8. The third kappa shape index (κ3) is 5.95. The highest BCUT2D eigenvalue weighted by molar-refractivity contribution is 7.71. The molecule has 7 nitrogen and oxygen atoms in total. The first kappa shape index (κ1) is 27.7. The van der Waals surface area contributed by atoms with Gasteiger partial charge in [-0.3, -0.25) is 19.1 Å². The van der Waals surface area contributed by atoms with Crippen LogP contribution in [0.25, 0.3) is 0 Å². The predicted molar refractivity (Wildman–Crippen MR) is 124 cm³/mol. The molecule has 188 valence electrons.